The highest BCUT2D eigenvalue weighted by molar-refractivity contribution is 5.99. The Morgan fingerprint density at radius 3 is 2.19 bits per heavy atom. The van der Waals surface area contributed by atoms with Gasteiger partial charge in [0.05, 0.1) is 12.5 Å². The third-order valence-corrected chi connectivity index (χ3v) is 4.77. The molecule has 0 aliphatic heterocycles. The molecule has 0 saturated carbocycles. The summed E-state index contributed by atoms with van der Waals surface area (Å²) in [6.07, 6.45) is 1.71. The van der Waals surface area contributed by atoms with Crippen LogP contribution >= 0.6 is 0 Å². The largest absolute Gasteiger partial charge is 0.466 e. The van der Waals surface area contributed by atoms with Crippen molar-refractivity contribution < 1.29 is 19.1 Å². The van der Waals surface area contributed by atoms with Crippen molar-refractivity contribution in [3.63, 3.8) is 0 Å². The third-order valence-electron chi connectivity index (χ3n) is 4.77. The highest BCUT2D eigenvalue weighted by atomic mass is 16.5. The van der Waals surface area contributed by atoms with E-state index in [1.165, 1.54) is 0 Å². The third kappa shape index (κ3) is 7.62. The maximum absolute atomic E-state index is 12.4. The molecule has 31 heavy (non-hydrogen) atoms. The van der Waals surface area contributed by atoms with Crippen LogP contribution in [0.4, 0.5) is 0 Å². The van der Waals surface area contributed by atoms with Gasteiger partial charge in [-0.1, -0.05) is 61.5 Å². The molecule has 2 rings (SSSR count). The number of ether oxygens (including phenoxy) is 1. The molecule has 2 aromatic rings. The van der Waals surface area contributed by atoms with Crippen molar-refractivity contribution in [2.24, 2.45) is 17.4 Å². The van der Waals surface area contributed by atoms with Gasteiger partial charge in [0.2, 0.25) is 5.91 Å². The first kappa shape index (κ1) is 23.7. The Labute approximate surface area is 182 Å². The molecule has 0 spiro atoms. The maximum atomic E-state index is 12.4. The van der Waals surface area contributed by atoms with Gasteiger partial charge in [-0.25, -0.2) is 0 Å². The zero-order valence-corrected chi connectivity index (χ0v) is 17.8. The van der Waals surface area contributed by atoms with Gasteiger partial charge in [-0.15, -0.1) is 0 Å². The van der Waals surface area contributed by atoms with E-state index in [-0.39, 0.29) is 18.3 Å². The molecule has 7 nitrogen and oxygen atoms in total. The molecule has 0 bridgehead atoms. The Kier molecular flexibility index (Phi) is 8.81. The molecule has 0 unspecified atom stereocenters. The topological polar surface area (TPSA) is 125 Å². The number of nitrogens with two attached hydrogens (primary N) is 2. The van der Waals surface area contributed by atoms with Gasteiger partial charge in [-0.05, 0) is 36.5 Å². The number of carbonyl (C=O) groups is 3. The molecule has 0 radical (unpaired) electrons. The van der Waals surface area contributed by atoms with Crippen molar-refractivity contribution in [2.45, 2.75) is 32.7 Å². The highest BCUT2D eigenvalue weighted by Gasteiger charge is 2.22. The second kappa shape index (κ2) is 11.5. The van der Waals surface area contributed by atoms with Crippen LogP contribution in [-0.2, 0) is 25.5 Å². The van der Waals surface area contributed by atoms with E-state index in [2.05, 4.69) is 5.32 Å². The van der Waals surface area contributed by atoms with Gasteiger partial charge in [0.25, 0.3) is 5.91 Å². The molecular weight excluding hydrogens is 394 g/mol. The molecule has 164 valence electrons. The van der Waals surface area contributed by atoms with E-state index >= 15 is 0 Å². The highest BCUT2D eigenvalue weighted by Crippen LogP contribution is 2.21. The van der Waals surface area contributed by atoms with Crippen LogP contribution in [0.3, 0.4) is 0 Å². The molecule has 0 saturated heterocycles. The second-order valence-electron chi connectivity index (χ2n) is 7.33. The number of primary amides is 1. The average molecular weight is 424 g/mol. The first-order chi connectivity index (χ1) is 14.8. The van der Waals surface area contributed by atoms with Gasteiger partial charge in [0.15, 0.2) is 0 Å². The molecule has 5 N–H and O–H groups in total. The van der Waals surface area contributed by atoms with Crippen LogP contribution in [0.15, 0.2) is 66.4 Å². The molecule has 2 aromatic carbocycles. The lowest BCUT2D eigenvalue weighted by Crippen LogP contribution is -2.41. The fourth-order valence-electron chi connectivity index (χ4n) is 3.24. The summed E-state index contributed by atoms with van der Waals surface area (Å²) in [4.78, 5) is 35.4. The summed E-state index contributed by atoms with van der Waals surface area (Å²) in [5, 5.41) is 2.80. The molecule has 0 aliphatic rings. The van der Waals surface area contributed by atoms with Crippen molar-refractivity contribution in [3.05, 3.63) is 71.9 Å². The predicted octanol–water partition coefficient (Wildman–Crippen LogP) is 2.30. The van der Waals surface area contributed by atoms with E-state index in [0.717, 1.165) is 22.8 Å². The SMILES string of the molecule is CCOC(=O)[C@H](C)C[C@@H](Cc1ccc(-c2ccccc2)cc1)NC(=O)/C(N)=C/C(N)=O. The van der Waals surface area contributed by atoms with Crippen LogP contribution in [0.5, 0.6) is 0 Å². The van der Waals surface area contributed by atoms with Crippen molar-refractivity contribution in [2.75, 3.05) is 6.61 Å². The summed E-state index contributed by atoms with van der Waals surface area (Å²) < 4.78 is 5.08. The van der Waals surface area contributed by atoms with Crippen molar-refractivity contribution in [1.29, 1.82) is 0 Å². The first-order valence-electron chi connectivity index (χ1n) is 10.2. The number of benzene rings is 2. The van der Waals surface area contributed by atoms with Gasteiger partial charge < -0.3 is 21.5 Å². The minimum absolute atomic E-state index is 0.277. The van der Waals surface area contributed by atoms with E-state index in [1.807, 2.05) is 54.6 Å². The number of amides is 2. The molecule has 0 aliphatic carbocycles. The Morgan fingerprint density at radius 1 is 1.00 bits per heavy atom. The van der Waals surface area contributed by atoms with Gasteiger partial charge in [0.1, 0.15) is 5.70 Å². The quantitative estimate of drug-likeness (QED) is 0.399. The smallest absolute Gasteiger partial charge is 0.308 e. The van der Waals surface area contributed by atoms with Crippen LogP contribution in [0, 0.1) is 5.92 Å². The minimum atomic E-state index is -0.805. The number of rotatable bonds is 10. The lowest BCUT2D eigenvalue weighted by Gasteiger charge is -2.22. The first-order valence-corrected chi connectivity index (χ1v) is 10.2. The Hall–Kier alpha value is -3.61. The summed E-state index contributed by atoms with van der Waals surface area (Å²) in [5.74, 6) is -2.17. The number of esters is 1. The van der Waals surface area contributed by atoms with Crippen LogP contribution in [0.25, 0.3) is 11.1 Å². The standard InChI is InChI=1S/C24H29N3O4/c1-3-31-24(30)16(2)13-20(27-23(29)21(25)15-22(26)28)14-17-9-11-19(12-10-17)18-7-5-4-6-8-18/h4-12,15-16,20H,3,13-14,25H2,1-2H3,(H2,26,28)(H,27,29)/b21-15-/t16-,20+/m1/s1. The van der Waals surface area contributed by atoms with E-state index in [1.54, 1.807) is 13.8 Å². The molecule has 2 amide bonds. The van der Waals surface area contributed by atoms with Crippen LogP contribution in [-0.4, -0.2) is 30.4 Å². The molecule has 2 atom stereocenters. The Balaban J connectivity index is 2.16. The maximum Gasteiger partial charge on any atom is 0.308 e. The number of carbonyl (C=O) groups excluding carboxylic acids is 3. The summed E-state index contributed by atoms with van der Waals surface area (Å²) in [6.45, 7) is 3.78. The van der Waals surface area contributed by atoms with Gasteiger partial charge >= 0.3 is 5.97 Å². The summed E-state index contributed by atoms with van der Waals surface area (Å²) >= 11 is 0. The minimum Gasteiger partial charge on any atom is -0.466 e. The zero-order chi connectivity index (χ0) is 22.8. The normalized spacial score (nSPS) is 13.2. The lowest BCUT2D eigenvalue weighted by atomic mass is 9.94. The Morgan fingerprint density at radius 2 is 1.61 bits per heavy atom. The Bertz CT molecular complexity index is 924. The van der Waals surface area contributed by atoms with E-state index in [4.69, 9.17) is 16.2 Å². The summed E-state index contributed by atoms with van der Waals surface area (Å²) in [6, 6.07) is 17.6. The monoisotopic (exact) mass is 423 g/mol. The zero-order valence-electron chi connectivity index (χ0n) is 17.8. The number of hydrogen-bond acceptors (Lipinski definition) is 5. The van der Waals surface area contributed by atoms with Crippen LogP contribution in [0.2, 0.25) is 0 Å². The van der Waals surface area contributed by atoms with E-state index < -0.39 is 23.8 Å². The van der Waals surface area contributed by atoms with E-state index in [9.17, 15) is 14.4 Å². The predicted molar refractivity (Wildman–Crippen MR) is 119 cm³/mol. The summed E-state index contributed by atoms with van der Waals surface area (Å²) in [7, 11) is 0. The fourth-order valence-corrected chi connectivity index (χ4v) is 3.24. The van der Waals surface area contributed by atoms with E-state index in [0.29, 0.717) is 12.8 Å². The van der Waals surface area contributed by atoms with Gasteiger partial charge in [0, 0.05) is 12.1 Å². The molecule has 7 heteroatoms. The molecule has 0 aromatic heterocycles. The molecule has 0 fully saturated rings. The van der Waals surface area contributed by atoms with Gasteiger partial charge in [-0.2, -0.15) is 0 Å². The van der Waals surface area contributed by atoms with Crippen molar-refractivity contribution in [3.8, 4) is 11.1 Å². The molecule has 0 heterocycles. The molecular formula is C24H29N3O4. The van der Waals surface area contributed by atoms with Crippen LogP contribution < -0.4 is 16.8 Å². The van der Waals surface area contributed by atoms with Gasteiger partial charge in [-0.3, -0.25) is 14.4 Å². The van der Waals surface area contributed by atoms with Crippen LogP contribution in [0.1, 0.15) is 25.8 Å². The fraction of sp³-hybridized carbons (Fsp3) is 0.292. The second-order valence-corrected chi connectivity index (χ2v) is 7.33. The average Bonchev–Trinajstić information content (AvgIpc) is 2.74. The van der Waals surface area contributed by atoms with Crippen molar-refractivity contribution in [1.82, 2.24) is 5.32 Å². The number of hydrogen-bond donors (Lipinski definition) is 3. The van der Waals surface area contributed by atoms with Crippen molar-refractivity contribution >= 4 is 17.8 Å². The summed E-state index contributed by atoms with van der Waals surface area (Å²) in [5.41, 5.74) is 13.6. The number of nitrogens with one attached hydrogen (secondary N) is 1. The lowest BCUT2D eigenvalue weighted by molar-refractivity contribution is -0.148.